The van der Waals surface area contributed by atoms with E-state index in [1.165, 1.54) is 18.4 Å². The molecule has 0 aliphatic heterocycles. The Bertz CT molecular complexity index is 359. The Balaban J connectivity index is 1.84. The van der Waals surface area contributed by atoms with Gasteiger partial charge in [0.25, 0.3) is 0 Å². The van der Waals surface area contributed by atoms with E-state index in [1.54, 1.807) is 0 Å². The molecule has 1 aromatic heterocycles. The number of aromatic amines is 1. The zero-order valence-corrected chi connectivity index (χ0v) is 11.6. The number of nitrogens with zero attached hydrogens (tertiary/aromatic N) is 1. The second-order valence-electron chi connectivity index (χ2n) is 5.65. The molecule has 0 atom stereocenters. The van der Waals surface area contributed by atoms with E-state index in [4.69, 9.17) is 0 Å². The van der Waals surface area contributed by atoms with Gasteiger partial charge in [-0.1, -0.05) is 25.7 Å². The monoisotopic (exact) mass is 251 g/mol. The van der Waals surface area contributed by atoms with Crippen molar-refractivity contribution in [2.45, 2.75) is 64.5 Å². The normalized spacial score (nSPS) is 19.7. The molecule has 2 rings (SSSR count). The summed E-state index contributed by atoms with van der Waals surface area (Å²) in [4.78, 5) is 0. The smallest absolute Gasteiger partial charge is 0.0771 e. The Morgan fingerprint density at radius 1 is 1.22 bits per heavy atom. The maximum Gasteiger partial charge on any atom is 0.0771 e. The van der Waals surface area contributed by atoms with Crippen LogP contribution in [0.4, 0.5) is 0 Å². The molecule has 0 radical (unpaired) electrons. The Kier molecular flexibility index (Phi) is 4.40. The van der Waals surface area contributed by atoms with Crippen molar-refractivity contribution < 1.29 is 5.11 Å². The molecule has 0 amide bonds. The summed E-state index contributed by atoms with van der Waals surface area (Å²) in [5, 5.41) is 21.1. The summed E-state index contributed by atoms with van der Waals surface area (Å²) < 4.78 is 0. The van der Waals surface area contributed by atoms with E-state index < -0.39 is 5.60 Å². The number of rotatable bonds is 4. The number of aliphatic hydroxyl groups is 1. The van der Waals surface area contributed by atoms with Gasteiger partial charge in [0.1, 0.15) is 0 Å². The molecule has 0 bridgehead atoms. The lowest BCUT2D eigenvalue weighted by Crippen LogP contribution is -2.40. The number of aromatic nitrogens is 2. The van der Waals surface area contributed by atoms with E-state index in [9.17, 15) is 5.11 Å². The first kappa shape index (κ1) is 13.6. The van der Waals surface area contributed by atoms with Gasteiger partial charge < -0.3 is 10.4 Å². The lowest BCUT2D eigenvalue weighted by Gasteiger charge is -2.27. The van der Waals surface area contributed by atoms with Crippen LogP contribution in [0.3, 0.4) is 0 Å². The van der Waals surface area contributed by atoms with Crippen LogP contribution in [0, 0.1) is 13.8 Å². The van der Waals surface area contributed by atoms with Gasteiger partial charge in [-0.25, -0.2) is 0 Å². The summed E-state index contributed by atoms with van der Waals surface area (Å²) in [6.07, 6.45) is 6.71. The Labute approximate surface area is 109 Å². The Hall–Kier alpha value is -0.870. The van der Waals surface area contributed by atoms with Crippen LogP contribution in [0.5, 0.6) is 0 Å². The van der Waals surface area contributed by atoms with Crippen LogP contribution >= 0.6 is 0 Å². The molecule has 4 heteroatoms. The maximum atomic E-state index is 10.5. The molecular weight excluding hydrogens is 226 g/mol. The van der Waals surface area contributed by atoms with Crippen molar-refractivity contribution in [2.24, 2.45) is 0 Å². The fourth-order valence-electron chi connectivity index (χ4n) is 2.82. The molecule has 18 heavy (non-hydrogen) atoms. The van der Waals surface area contributed by atoms with Gasteiger partial charge in [-0.15, -0.1) is 0 Å². The molecule has 0 aromatic carbocycles. The van der Waals surface area contributed by atoms with E-state index in [2.05, 4.69) is 15.5 Å². The zero-order chi connectivity index (χ0) is 13.0. The van der Waals surface area contributed by atoms with E-state index in [0.29, 0.717) is 6.54 Å². The second kappa shape index (κ2) is 5.85. The molecule has 0 spiro atoms. The third-order valence-electron chi connectivity index (χ3n) is 4.07. The van der Waals surface area contributed by atoms with E-state index in [0.717, 1.165) is 43.6 Å². The Morgan fingerprint density at radius 3 is 2.44 bits per heavy atom. The lowest BCUT2D eigenvalue weighted by atomic mass is 9.94. The third-order valence-corrected chi connectivity index (χ3v) is 4.07. The summed E-state index contributed by atoms with van der Waals surface area (Å²) in [6, 6.07) is 0. The van der Waals surface area contributed by atoms with Crippen molar-refractivity contribution in [2.75, 3.05) is 6.54 Å². The lowest BCUT2D eigenvalue weighted by molar-refractivity contribution is 0.0250. The molecule has 1 aliphatic rings. The van der Waals surface area contributed by atoms with Crippen LogP contribution in [0.1, 0.15) is 55.5 Å². The highest BCUT2D eigenvalue weighted by atomic mass is 16.3. The maximum absolute atomic E-state index is 10.5. The van der Waals surface area contributed by atoms with Crippen LogP contribution < -0.4 is 5.32 Å². The molecule has 1 aromatic rings. The van der Waals surface area contributed by atoms with Gasteiger partial charge in [0.15, 0.2) is 0 Å². The van der Waals surface area contributed by atoms with E-state index in [-0.39, 0.29) is 0 Å². The predicted molar refractivity (Wildman–Crippen MR) is 72.4 cm³/mol. The van der Waals surface area contributed by atoms with Crippen molar-refractivity contribution in [3.63, 3.8) is 0 Å². The number of nitrogens with one attached hydrogen (secondary N) is 2. The first-order chi connectivity index (χ1) is 8.61. The number of hydrogen-bond donors (Lipinski definition) is 3. The number of hydrogen-bond acceptors (Lipinski definition) is 3. The van der Waals surface area contributed by atoms with Crippen molar-refractivity contribution in [1.82, 2.24) is 15.5 Å². The molecule has 1 aliphatic carbocycles. The minimum Gasteiger partial charge on any atom is -0.389 e. The standard InChI is InChI=1S/C14H25N3O/c1-11-13(12(2)17-16-11)9-15-10-14(18)7-5-3-4-6-8-14/h15,18H,3-10H2,1-2H3,(H,16,17). The first-order valence-electron chi connectivity index (χ1n) is 7.04. The van der Waals surface area contributed by atoms with E-state index >= 15 is 0 Å². The summed E-state index contributed by atoms with van der Waals surface area (Å²) >= 11 is 0. The van der Waals surface area contributed by atoms with Gasteiger partial charge >= 0.3 is 0 Å². The third kappa shape index (κ3) is 3.33. The summed E-state index contributed by atoms with van der Waals surface area (Å²) in [5.41, 5.74) is 2.90. The summed E-state index contributed by atoms with van der Waals surface area (Å²) in [7, 11) is 0. The van der Waals surface area contributed by atoms with Crippen LogP contribution in [0.2, 0.25) is 0 Å². The average molecular weight is 251 g/mol. The van der Waals surface area contributed by atoms with Crippen LogP contribution in [0.15, 0.2) is 0 Å². The topological polar surface area (TPSA) is 60.9 Å². The van der Waals surface area contributed by atoms with Gasteiger partial charge in [-0.05, 0) is 26.7 Å². The number of H-pyrrole nitrogens is 1. The Morgan fingerprint density at radius 2 is 1.89 bits per heavy atom. The van der Waals surface area contributed by atoms with Gasteiger partial charge in [0.05, 0.1) is 11.3 Å². The number of aryl methyl sites for hydroxylation is 2. The quantitative estimate of drug-likeness (QED) is 0.719. The molecule has 4 nitrogen and oxygen atoms in total. The van der Waals surface area contributed by atoms with Crippen molar-refractivity contribution in [3.05, 3.63) is 17.0 Å². The first-order valence-corrected chi connectivity index (χ1v) is 7.04. The molecule has 1 saturated carbocycles. The molecule has 1 heterocycles. The molecule has 102 valence electrons. The van der Waals surface area contributed by atoms with Gasteiger partial charge in [-0.3, -0.25) is 5.10 Å². The molecule has 0 saturated heterocycles. The highest BCUT2D eigenvalue weighted by Crippen LogP contribution is 2.26. The van der Waals surface area contributed by atoms with Crippen molar-refractivity contribution in [3.8, 4) is 0 Å². The fraction of sp³-hybridized carbons (Fsp3) is 0.786. The SMILES string of the molecule is Cc1n[nH]c(C)c1CNCC1(O)CCCCCC1. The zero-order valence-electron chi connectivity index (χ0n) is 11.6. The van der Waals surface area contributed by atoms with Crippen LogP contribution in [-0.2, 0) is 6.54 Å². The summed E-state index contributed by atoms with van der Waals surface area (Å²) in [6.45, 7) is 5.53. The van der Waals surface area contributed by atoms with Gasteiger partial charge in [0, 0.05) is 24.3 Å². The average Bonchev–Trinajstić information content (AvgIpc) is 2.55. The molecule has 0 unspecified atom stereocenters. The van der Waals surface area contributed by atoms with Crippen molar-refractivity contribution in [1.29, 1.82) is 0 Å². The highest BCUT2D eigenvalue weighted by molar-refractivity contribution is 5.22. The van der Waals surface area contributed by atoms with Crippen LogP contribution in [0.25, 0.3) is 0 Å². The fourth-order valence-corrected chi connectivity index (χ4v) is 2.82. The molecular formula is C14H25N3O. The highest BCUT2D eigenvalue weighted by Gasteiger charge is 2.27. The largest absolute Gasteiger partial charge is 0.389 e. The van der Waals surface area contributed by atoms with Crippen LogP contribution in [-0.4, -0.2) is 27.4 Å². The van der Waals surface area contributed by atoms with E-state index in [1.807, 2.05) is 13.8 Å². The van der Waals surface area contributed by atoms with Gasteiger partial charge in [0.2, 0.25) is 0 Å². The second-order valence-corrected chi connectivity index (χ2v) is 5.65. The van der Waals surface area contributed by atoms with Gasteiger partial charge in [-0.2, -0.15) is 5.10 Å². The minimum absolute atomic E-state index is 0.498. The summed E-state index contributed by atoms with van der Waals surface area (Å²) in [5.74, 6) is 0. The molecule has 3 N–H and O–H groups in total. The molecule has 1 fully saturated rings. The minimum atomic E-state index is -0.498. The van der Waals surface area contributed by atoms with Crippen molar-refractivity contribution >= 4 is 0 Å². The predicted octanol–water partition coefficient (Wildman–Crippen LogP) is 2.20.